The van der Waals surface area contributed by atoms with Crippen LogP contribution >= 0.6 is 0 Å². The zero-order valence-electron chi connectivity index (χ0n) is 10.9. The van der Waals surface area contributed by atoms with E-state index in [4.69, 9.17) is 14.9 Å². The molecular formula is C11H19NO6. The fraction of sp³-hybridized carbons (Fsp3) is 0.727. The number of nitrogens with one attached hydrogen (secondary N) is 1. The second-order valence-corrected chi connectivity index (χ2v) is 4.77. The molecule has 104 valence electrons. The van der Waals surface area contributed by atoms with Crippen molar-refractivity contribution < 1.29 is 29.3 Å². The van der Waals surface area contributed by atoms with Crippen molar-refractivity contribution in [2.75, 3.05) is 0 Å². The largest absolute Gasteiger partial charge is 0.480 e. The Kier molecular flexibility index (Phi) is 5.77. The van der Waals surface area contributed by atoms with Gasteiger partial charge in [0.15, 0.2) is 0 Å². The quantitative estimate of drug-likeness (QED) is 0.463. The molecule has 0 amide bonds. The average Bonchev–Trinajstić information content (AvgIpc) is 2.14. The molecule has 0 aromatic heterocycles. The minimum Gasteiger partial charge on any atom is -0.480 e. The Bertz CT molecular complexity index is 319. The Hall–Kier alpha value is -1.63. The third-order valence-electron chi connectivity index (χ3n) is 1.96. The molecule has 1 atom stereocenters. The van der Waals surface area contributed by atoms with E-state index in [-0.39, 0.29) is 6.42 Å². The predicted molar refractivity (Wildman–Crippen MR) is 62.1 cm³/mol. The van der Waals surface area contributed by atoms with Crippen LogP contribution in [-0.2, 0) is 19.1 Å². The van der Waals surface area contributed by atoms with Gasteiger partial charge in [-0.05, 0) is 27.2 Å². The van der Waals surface area contributed by atoms with Crippen molar-refractivity contribution in [3.05, 3.63) is 0 Å². The van der Waals surface area contributed by atoms with Gasteiger partial charge in [-0.3, -0.25) is 10.1 Å². The number of carbonyl (C=O) groups excluding carboxylic acids is 1. The highest BCUT2D eigenvalue weighted by Crippen LogP contribution is 2.10. The Morgan fingerprint density at radius 1 is 1.17 bits per heavy atom. The first-order chi connectivity index (χ1) is 8.08. The summed E-state index contributed by atoms with van der Waals surface area (Å²) in [6, 6.07) is -2.80. The van der Waals surface area contributed by atoms with Crippen LogP contribution in [0, 0.1) is 0 Å². The first-order valence-corrected chi connectivity index (χ1v) is 5.53. The van der Waals surface area contributed by atoms with Crippen LogP contribution in [0.1, 0.15) is 34.1 Å². The van der Waals surface area contributed by atoms with Gasteiger partial charge in [-0.15, -0.1) is 0 Å². The number of esters is 1. The molecule has 0 aliphatic carbocycles. The monoisotopic (exact) mass is 261 g/mol. The molecule has 3 N–H and O–H groups in total. The molecule has 0 saturated heterocycles. The lowest BCUT2D eigenvalue weighted by atomic mass is 10.1. The summed E-state index contributed by atoms with van der Waals surface area (Å²) in [6.45, 7) is 6.64. The number of carboxylic acid groups (broad SMARTS) is 2. The second kappa shape index (κ2) is 6.34. The van der Waals surface area contributed by atoms with Crippen LogP contribution in [0.3, 0.4) is 0 Å². The number of rotatable bonds is 6. The van der Waals surface area contributed by atoms with E-state index in [1.54, 1.807) is 27.7 Å². The summed E-state index contributed by atoms with van der Waals surface area (Å²) >= 11 is 0. The molecule has 0 radical (unpaired) electrons. The van der Waals surface area contributed by atoms with Crippen molar-refractivity contribution in [2.24, 2.45) is 0 Å². The van der Waals surface area contributed by atoms with Crippen LogP contribution in [0.15, 0.2) is 0 Å². The van der Waals surface area contributed by atoms with Crippen LogP contribution < -0.4 is 5.32 Å². The van der Waals surface area contributed by atoms with Gasteiger partial charge in [0.2, 0.25) is 6.04 Å². The second-order valence-electron chi connectivity index (χ2n) is 4.77. The maximum Gasteiger partial charge on any atom is 0.332 e. The highest BCUT2D eigenvalue weighted by atomic mass is 16.6. The van der Waals surface area contributed by atoms with Crippen molar-refractivity contribution in [1.29, 1.82) is 0 Å². The predicted octanol–water partition coefficient (Wildman–Crippen LogP) is 0.234. The van der Waals surface area contributed by atoms with Gasteiger partial charge < -0.3 is 14.9 Å². The number of hydrogen-bond donors (Lipinski definition) is 3. The van der Waals surface area contributed by atoms with Crippen LogP contribution in [0.4, 0.5) is 0 Å². The van der Waals surface area contributed by atoms with Gasteiger partial charge in [0.25, 0.3) is 0 Å². The minimum absolute atomic E-state index is 0.228. The molecule has 7 nitrogen and oxygen atoms in total. The smallest absolute Gasteiger partial charge is 0.332 e. The molecule has 18 heavy (non-hydrogen) atoms. The van der Waals surface area contributed by atoms with Gasteiger partial charge in [0, 0.05) is 0 Å². The third-order valence-corrected chi connectivity index (χ3v) is 1.96. The maximum atomic E-state index is 11.7. The average molecular weight is 261 g/mol. The molecule has 0 aromatic rings. The molecule has 0 rings (SSSR count). The van der Waals surface area contributed by atoms with Gasteiger partial charge in [-0.2, -0.15) is 0 Å². The van der Waals surface area contributed by atoms with Crippen molar-refractivity contribution in [3.8, 4) is 0 Å². The number of hydrogen-bond acceptors (Lipinski definition) is 5. The third kappa shape index (κ3) is 5.62. The van der Waals surface area contributed by atoms with Crippen molar-refractivity contribution in [3.63, 3.8) is 0 Å². The van der Waals surface area contributed by atoms with Crippen LogP contribution in [0.2, 0.25) is 0 Å². The fourth-order valence-electron chi connectivity index (χ4n) is 1.17. The molecule has 7 heteroatoms. The first-order valence-electron chi connectivity index (χ1n) is 5.53. The summed E-state index contributed by atoms with van der Waals surface area (Å²) in [7, 11) is 0. The van der Waals surface area contributed by atoms with Crippen LogP contribution in [0.5, 0.6) is 0 Å². The number of carboxylic acids is 2. The van der Waals surface area contributed by atoms with E-state index in [1.165, 1.54) is 0 Å². The van der Waals surface area contributed by atoms with Crippen molar-refractivity contribution in [2.45, 2.75) is 51.8 Å². The minimum atomic E-state index is -1.83. The van der Waals surface area contributed by atoms with Crippen LogP contribution in [0.25, 0.3) is 0 Å². The maximum absolute atomic E-state index is 11.7. The lowest BCUT2D eigenvalue weighted by molar-refractivity contribution is -0.159. The van der Waals surface area contributed by atoms with E-state index in [1.807, 2.05) is 0 Å². The normalized spacial score (nSPS) is 13.2. The molecule has 0 aromatic carbocycles. The highest BCUT2D eigenvalue weighted by Gasteiger charge is 2.32. The molecule has 0 spiro atoms. The fourth-order valence-corrected chi connectivity index (χ4v) is 1.17. The summed E-state index contributed by atoms with van der Waals surface area (Å²) in [5, 5.41) is 19.7. The Balaban J connectivity index is 4.73. The van der Waals surface area contributed by atoms with Gasteiger partial charge in [0.05, 0.1) is 0 Å². The van der Waals surface area contributed by atoms with E-state index >= 15 is 0 Å². The highest BCUT2D eigenvalue weighted by molar-refractivity contribution is 5.97. The molecule has 0 aliphatic rings. The Morgan fingerprint density at radius 2 is 1.61 bits per heavy atom. The lowest BCUT2D eigenvalue weighted by Crippen LogP contribution is -2.52. The van der Waals surface area contributed by atoms with Crippen LogP contribution in [-0.4, -0.2) is 45.8 Å². The van der Waals surface area contributed by atoms with Gasteiger partial charge >= 0.3 is 17.9 Å². The molecule has 1 unspecified atom stereocenters. The zero-order valence-corrected chi connectivity index (χ0v) is 10.9. The SMILES string of the molecule is CCC(NC(C(=O)O)C(=O)O)C(=O)OC(C)(C)C. The summed E-state index contributed by atoms with van der Waals surface area (Å²) < 4.78 is 5.06. The number of ether oxygens (including phenoxy) is 1. The Labute approximate surface area is 105 Å². The van der Waals surface area contributed by atoms with Gasteiger partial charge in [0.1, 0.15) is 11.6 Å². The molecule has 0 saturated carbocycles. The lowest BCUT2D eigenvalue weighted by Gasteiger charge is -2.24. The van der Waals surface area contributed by atoms with E-state index in [0.717, 1.165) is 0 Å². The van der Waals surface area contributed by atoms with Crippen molar-refractivity contribution in [1.82, 2.24) is 5.32 Å². The summed E-state index contributed by atoms with van der Waals surface area (Å²) in [6.07, 6.45) is 0.228. The van der Waals surface area contributed by atoms with E-state index in [9.17, 15) is 14.4 Å². The van der Waals surface area contributed by atoms with E-state index in [0.29, 0.717) is 0 Å². The standard InChI is InChI=1S/C11H19NO6/c1-5-6(10(17)18-11(2,3)4)12-7(8(13)14)9(15)16/h6-7,12H,5H2,1-4H3,(H,13,14)(H,15,16). The summed E-state index contributed by atoms with van der Waals surface area (Å²) in [4.78, 5) is 33.1. The Morgan fingerprint density at radius 3 is 1.89 bits per heavy atom. The molecule has 0 aliphatic heterocycles. The molecule has 0 bridgehead atoms. The zero-order chi connectivity index (χ0) is 14.5. The molecular weight excluding hydrogens is 242 g/mol. The summed E-state index contributed by atoms with van der Waals surface area (Å²) in [5.74, 6) is -3.77. The number of aliphatic carboxylic acids is 2. The van der Waals surface area contributed by atoms with Gasteiger partial charge in [-0.25, -0.2) is 9.59 Å². The van der Waals surface area contributed by atoms with E-state index in [2.05, 4.69) is 5.32 Å². The number of carbonyl (C=O) groups is 3. The van der Waals surface area contributed by atoms with Gasteiger partial charge in [-0.1, -0.05) is 6.92 Å². The topological polar surface area (TPSA) is 113 Å². The van der Waals surface area contributed by atoms with Crippen molar-refractivity contribution >= 4 is 17.9 Å². The molecule has 0 heterocycles. The van der Waals surface area contributed by atoms with E-state index < -0.39 is 35.6 Å². The summed E-state index contributed by atoms with van der Waals surface area (Å²) in [5.41, 5.74) is -0.714. The molecule has 0 fully saturated rings. The first kappa shape index (κ1) is 16.4.